The average Bonchev–Trinajstić information content (AvgIpc) is 2.28. The van der Waals surface area contributed by atoms with E-state index in [0.717, 1.165) is 28.5 Å². The van der Waals surface area contributed by atoms with E-state index in [1.807, 2.05) is 29.2 Å². The Bertz CT molecular complexity index is 394. The zero-order chi connectivity index (χ0) is 11.5. The van der Waals surface area contributed by atoms with Crippen LogP contribution in [0.4, 0.5) is 0 Å². The molecule has 1 amide bonds. The van der Waals surface area contributed by atoms with Crippen molar-refractivity contribution in [2.75, 3.05) is 13.1 Å². The molecular weight excluding hydrogens is 315 g/mol. The highest BCUT2D eigenvalue weighted by Crippen LogP contribution is 2.14. The molecule has 1 fully saturated rings. The van der Waals surface area contributed by atoms with Gasteiger partial charge in [-0.1, -0.05) is 6.07 Å². The summed E-state index contributed by atoms with van der Waals surface area (Å²) in [5, 5.41) is 0. The maximum Gasteiger partial charge on any atom is 0.253 e. The summed E-state index contributed by atoms with van der Waals surface area (Å²) in [6, 6.07) is 7.83. The Morgan fingerprint density at radius 1 is 1.50 bits per heavy atom. The van der Waals surface area contributed by atoms with Gasteiger partial charge in [0, 0.05) is 28.3 Å². The highest BCUT2D eigenvalue weighted by atomic mass is 127. The second-order valence-electron chi connectivity index (χ2n) is 4.16. The van der Waals surface area contributed by atoms with Crippen molar-refractivity contribution in [1.82, 2.24) is 4.90 Å². The van der Waals surface area contributed by atoms with Gasteiger partial charge in [-0.2, -0.15) is 0 Å². The van der Waals surface area contributed by atoms with Crippen LogP contribution in [-0.2, 0) is 0 Å². The Hall–Kier alpha value is -0.620. The number of carbonyl (C=O) groups is 1. The number of halogens is 1. The fourth-order valence-electron chi connectivity index (χ4n) is 2.00. The normalized spacial score (nSPS) is 20.9. The lowest BCUT2D eigenvalue weighted by molar-refractivity contribution is 0.0709. The molecule has 0 aromatic heterocycles. The molecule has 0 unspecified atom stereocenters. The van der Waals surface area contributed by atoms with Crippen LogP contribution in [0.3, 0.4) is 0 Å². The molecule has 16 heavy (non-hydrogen) atoms. The highest BCUT2D eigenvalue weighted by Gasteiger charge is 2.22. The van der Waals surface area contributed by atoms with E-state index in [1.54, 1.807) is 0 Å². The first-order valence-corrected chi connectivity index (χ1v) is 6.55. The first-order valence-electron chi connectivity index (χ1n) is 5.47. The second-order valence-corrected chi connectivity index (χ2v) is 5.41. The van der Waals surface area contributed by atoms with Gasteiger partial charge in [0.2, 0.25) is 0 Å². The minimum Gasteiger partial charge on any atom is -0.337 e. The minimum atomic E-state index is 0.105. The van der Waals surface area contributed by atoms with E-state index >= 15 is 0 Å². The Balaban J connectivity index is 2.12. The van der Waals surface area contributed by atoms with Crippen LogP contribution in [0.15, 0.2) is 24.3 Å². The predicted octanol–water partition coefficient (Wildman–Crippen LogP) is 1.85. The molecule has 2 rings (SSSR count). The van der Waals surface area contributed by atoms with Crippen molar-refractivity contribution >= 4 is 28.5 Å². The molecule has 1 saturated heterocycles. The number of nitrogens with zero attached hydrogens (tertiary/aromatic N) is 1. The molecule has 1 aromatic rings. The summed E-state index contributed by atoms with van der Waals surface area (Å²) < 4.78 is 1.09. The van der Waals surface area contributed by atoms with Gasteiger partial charge in [-0.15, -0.1) is 0 Å². The lowest BCUT2D eigenvalue weighted by Crippen LogP contribution is -2.45. The molecule has 1 aliphatic heterocycles. The van der Waals surface area contributed by atoms with E-state index < -0.39 is 0 Å². The SMILES string of the molecule is N[C@@H]1CCCN(C(=O)c2cccc(I)c2)C1. The molecule has 3 nitrogen and oxygen atoms in total. The predicted molar refractivity (Wildman–Crippen MR) is 72.3 cm³/mol. The van der Waals surface area contributed by atoms with Crippen molar-refractivity contribution < 1.29 is 4.79 Å². The maximum atomic E-state index is 12.2. The first-order chi connectivity index (χ1) is 7.66. The average molecular weight is 330 g/mol. The van der Waals surface area contributed by atoms with Gasteiger partial charge < -0.3 is 10.6 Å². The summed E-state index contributed by atoms with van der Waals surface area (Å²) in [6.07, 6.45) is 2.03. The molecule has 0 radical (unpaired) electrons. The molecule has 86 valence electrons. The van der Waals surface area contributed by atoms with Gasteiger partial charge >= 0.3 is 0 Å². The van der Waals surface area contributed by atoms with Crippen LogP contribution in [0.1, 0.15) is 23.2 Å². The number of amides is 1. The van der Waals surface area contributed by atoms with E-state index in [-0.39, 0.29) is 11.9 Å². The third-order valence-electron chi connectivity index (χ3n) is 2.82. The largest absolute Gasteiger partial charge is 0.337 e. The fourth-order valence-corrected chi connectivity index (χ4v) is 2.54. The number of hydrogen-bond acceptors (Lipinski definition) is 2. The minimum absolute atomic E-state index is 0.105. The van der Waals surface area contributed by atoms with Crippen molar-refractivity contribution in [2.24, 2.45) is 5.73 Å². The summed E-state index contributed by atoms with van der Waals surface area (Å²) in [4.78, 5) is 14.0. The van der Waals surface area contributed by atoms with Gasteiger partial charge in [0.25, 0.3) is 5.91 Å². The Labute approximate surface area is 109 Å². The lowest BCUT2D eigenvalue weighted by Gasteiger charge is -2.30. The van der Waals surface area contributed by atoms with E-state index in [2.05, 4.69) is 22.6 Å². The van der Waals surface area contributed by atoms with Gasteiger partial charge in [-0.05, 0) is 53.6 Å². The third kappa shape index (κ3) is 2.74. The fraction of sp³-hybridized carbons (Fsp3) is 0.417. The zero-order valence-corrected chi connectivity index (χ0v) is 11.2. The number of rotatable bonds is 1. The summed E-state index contributed by atoms with van der Waals surface area (Å²) in [6.45, 7) is 1.52. The molecule has 2 N–H and O–H groups in total. The maximum absolute atomic E-state index is 12.2. The van der Waals surface area contributed by atoms with Crippen LogP contribution in [0.2, 0.25) is 0 Å². The molecule has 0 bridgehead atoms. The van der Waals surface area contributed by atoms with Gasteiger partial charge in [0.1, 0.15) is 0 Å². The third-order valence-corrected chi connectivity index (χ3v) is 3.49. The summed E-state index contributed by atoms with van der Waals surface area (Å²) in [7, 11) is 0. The number of hydrogen-bond donors (Lipinski definition) is 1. The van der Waals surface area contributed by atoms with Gasteiger partial charge in [0.15, 0.2) is 0 Å². The van der Waals surface area contributed by atoms with Crippen molar-refractivity contribution in [3.05, 3.63) is 33.4 Å². The molecule has 0 aliphatic carbocycles. The van der Waals surface area contributed by atoms with Crippen LogP contribution < -0.4 is 5.73 Å². The van der Waals surface area contributed by atoms with Crippen LogP contribution in [-0.4, -0.2) is 29.9 Å². The molecular formula is C12H15IN2O. The quantitative estimate of drug-likeness (QED) is 0.799. The molecule has 1 aromatic carbocycles. The standard InChI is InChI=1S/C12H15IN2O/c13-10-4-1-3-9(7-10)12(16)15-6-2-5-11(14)8-15/h1,3-4,7,11H,2,5-6,8,14H2/t11-/m1/s1. The van der Waals surface area contributed by atoms with E-state index in [4.69, 9.17) is 5.73 Å². The van der Waals surface area contributed by atoms with Crippen molar-refractivity contribution in [3.63, 3.8) is 0 Å². The Kier molecular flexibility index (Phi) is 3.81. The molecule has 0 spiro atoms. The second kappa shape index (κ2) is 5.14. The van der Waals surface area contributed by atoms with Crippen LogP contribution in [0, 0.1) is 3.57 Å². The number of nitrogens with two attached hydrogens (primary N) is 1. The van der Waals surface area contributed by atoms with E-state index in [9.17, 15) is 4.79 Å². The number of carbonyl (C=O) groups excluding carboxylic acids is 1. The number of likely N-dealkylation sites (tertiary alicyclic amines) is 1. The molecule has 4 heteroatoms. The van der Waals surface area contributed by atoms with E-state index in [0.29, 0.717) is 6.54 Å². The molecule has 1 aliphatic rings. The van der Waals surface area contributed by atoms with E-state index in [1.165, 1.54) is 0 Å². The molecule has 0 saturated carbocycles. The number of piperidine rings is 1. The highest BCUT2D eigenvalue weighted by molar-refractivity contribution is 14.1. The van der Waals surface area contributed by atoms with Crippen LogP contribution >= 0.6 is 22.6 Å². The Morgan fingerprint density at radius 3 is 3.00 bits per heavy atom. The zero-order valence-electron chi connectivity index (χ0n) is 9.03. The monoisotopic (exact) mass is 330 g/mol. The van der Waals surface area contributed by atoms with Crippen LogP contribution in [0.25, 0.3) is 0 Å². The topological polar surface area (TPSA) is 46.3 Å². The summed E-state index contributed by atoms with van der Waals surface area (Å²) in [5.41, 5.74) is 6.64. The van der Waals surface area contributed by atoms with Crippen molar-refractivity contribution in [3.8, 4) is 0 Å². The first kappa shape index (κ1) is 11.9. The summed E-state index contributed by atoms with van der Waals surface area (Å²) >= 11 is 2.22. The Morgan fingerprint density at radius 2 is 2.31 bits per heavy atom. The molecule has 1 atom stereocenters. The van der Waals surface area contributed by atoms with Crippen molar-refractivity contribution in [2.45, 2.75) is 18.9 Å². The summed E-state index contributed by atoms with van der Waals surface area (Å²) in [5.74, 6) is 0.105. The smallest absolute Gasteiger partial charge is 0.253 e. The van der Waals surface area contributed by atoms with Gasteiger partial charge in [-0.25, -0.2) is 0 Å². The molecule has 1 heterocycles. The van der Waals surface area contributed by atoms with Gasteiger partial charge in [0.05, 0.1) is 0 Å². The van der Waals surface area contributed by atoms with Crippen molar-refractivity contribution in [1.29, 1.82) is 0 Å². The number of benzene rings is 1. The lowest BCUT2D eigenvalue weighted by atomic mass is 10.1. The van der Waals surface area contributed by atoms with Gasteiger partial charge in [-0.3, -0.25) is 4.79 Å². The van der Waals surface area contributed by atoms with Crippen LogP contribution in [0.5, 0.6) is 0 Å².